The third kappa shape index (κ3) is 5.23. The van der Waals surface area contributed by atoms with Gasteiger partial charge in [-0.15, -0.1) is 23.5 Å². The first-order valence-electron chi connectivity index (χ1n) is 6.59. The SMILES string of the molecule is O=C(CCN1CSCCSC1)N1CCCSCC1. The minimum absolute atomic E-state index is 0.358. The van der Waals surface area contributed by atoms with Gasteiger partial charge >= 0.3 is 0 Å². The van der Waals surface area contributed by atoms with Crippen molar-refractivity contribution < 1.29 is 4.79 Å². The second kappa shape index (κ2) is 8.61. The normalized spacial score (nSPS) is 23.4. The highest BCUT2D eigenvalue weighted by molar-refractivity contribution is 8.03. The summed E-state index contributed by atoms with van der Waals surface area (Å²) >= 11 is 5.96. The molecule has 0 atom stereocenters. The van der Waals surface area contributed by atoms with Gasteiger partial charge in [-0.3, -0.25) is 9.69 Å². The van der Waals surface area contributed by atoms with Gasteiger partial charge in [0.1, 0.15) is 0 Å². The number of hydrogen-bond donors (Lipinski definition) is 0. The zero-order chi connectivity index (χ0) is 12.6. The van der Waals surface area contributed by atoms with Crippen LogP contribution >= 0.6 is 35.3 Å². The van der Waals surface area contributed by atoms with Crippen molar-refractivity contribution in [3.05, 3.63) is 0 Å². The van der Waals surface area contributed by atoms with Gasteiger partial charge in [0.25, 0.3) is 0 Å². The highest BCUT2D eigenvalue weighted by Crippen LogP contribution is 2.17. The molecule has 2 rings (SSSR count). The monoisotopic (exact) mass is 306 g/mol. The van der Waals surface area contributed by atoms with Gasteiger partial charge in [0, 0.05) is 55.1 Å². The number of amides is 1. The summed E-state index contributed by atoms with van der Waals surface area (Å²) in [5, 5.41) is 0. The van der Waals surface area contributed by atoms with E-state index < -0.39 is 0 Å². The summed E-state index contributed by atoms with van der Waals surface area (Å²) in [6.45, 7) is 2.85. The molecule has 2 aliphatic rings. The quantitative estimate of drug-likeness (QED) is 0.794. The van der Waals surface area contributed by atoms with E-state index in [1.54, 1.807) is 0 Å². The minimum Gasteiger partial charge on any atom is -0.342 e. The third-order valence-corrected chi connectivity index (χ3v) is 6.52. The van der Waals surface area contributed by atoms with Crippen LogP contribution in [0.25, 0.3) is 0 Å². The molecule has 0 spiro atoms. The van der Waals surface area contributed by atoms with Crippen molar-refractivity contribution in [2.45, 2.75) is 12.8 Å². The van der Waals surface area contributed by atoms with Crippen LogP contribution in [0.1, 0.15) is 12.8 Å². The molecule has 0 N–H and O–H groups in total. The average Bonchev–Trinajstić information content (AvgIpc) is 2.80. The molecule has 18 heavy (non-hydrogen) atoms. The molecular formula is C12H22N2OS3. The van der Waals surface area contributed by atoms with E-state index in [0.717, 1.165) is 43.6 Å². The van der Waals surface area contributed by atoms with Crippen LogP contribution in [-0.2, 0) is 4.79 Å². The van der Waals surface area contributed by atoms with Crippen molar-refractivity contribution in [2.75, 3.05) is 54.4 Å². The average molecular weight is 307 g/mol. The molecule has 0 saturated carbocycles. The first-order chi connectivity index (χ1) is 8.86. The lowest BCUT2D eigenvalue weighted by molar-refractivity contribution is -0.131. The molecule has 0 aromatic carbocycles. The van der Waals surface area contributed by atoms with E-state index >= 15 is 0 Å². The Hall–Kier alpha value is 0.480. The van der Waals surface area contributed by atoms with E-state index in [1.165, 1.54) is 17.3 Å². The van der Waals surface area contributed by atoms with Crippen molar-refractivity contribution in [1.82, 2.24) is 9.80 Å². The second-order valence-electron chi connectivity index (χ2n) is 4.57. The molecule has 6 heteroatoms. The molecule has 3 nitrogen and oxygen atoms in total. The highest BCUT2D eigenvalue weighted by atomic mass is 32.2. The minimum atomic E-state index is 0.358. The van der Waals surface area contributed by atoms with Crippen LogP contribution in [0.15, 0.2) is 0 Å². The van der Waals surface area contributed by atoms with Crippen molar-refractivity contribution in [1.29, 1.82) is 0 Å². The van der Waals surface area contributed by atoms with Crippen molar-refractivity contribution in [3.8, 4) is 0 Å². The van der Waals surface area contributed by atoms with E-state index in [1.807, 2.05) is 35.3 Å². The molecule has 0 aromatic heterocycles. The molecule has 1 amide bonds. The van der Waals surface area contributed by atoms with E-state index in [2.05, 4.69) is 9.80 Å². The maximum absolute atomic E-state index is 12.2. The lowest BCUT2D eigenvalue weighted by atomic mass is 10.3. The predicted octanol–water partition coefficient (Wildman–Crippen LogP) is 2.04. The van der Waals surface area contributed by atoms with Crippen LogP contribution in [0, 0.1) is 0 Å². The summed E-state index contributed by atoms with van der Waals surface area (Å²) < 4.78 is 0. The van der Waals surface area contributed by atoms with Crippen molar-refractivity contribution in [2.24, 2.45) is 0 Å². The fraction of sp³-hybridized carbons (Fsp3) is 0.917. The Kier molecular flexibility index (Phi) is 7.12. The van der Waals surface area contributed by atoms with Crippen LogP contribution in [0.3, 0.4) is 0 Å². The van der Waals surface area contributed by atoms with Gasteiger partial charge in [0.15, 0.2) is 0 Å². The Bertz CT molecular complexity index is 250. The van der Waals surface area contributed by atoms with Gasteiger partial charge in [-0.1, -0.05) is 0 Å². The fourth-order valence-electron chi connectivity index (χ4n) is 2.08. The zero-order valence-corrected chi connectivity index (χ0v) is 13.3. The smallest absolute Gasteiger partial charge is 0.223 e. The number of nitrogens with zero attached hydrogens (tertiary/aromatic N) is 2. The van der Waals surface area contributed by atoms with Crippen LogP contribution in [0.4, 0.5) is 0 Å². The Morgan fingerprint density at radius 2 is 1.72 bits per heavy atom. The van der Waals surface area contributed by atoms with Crippen LogP contribution in [0.5, 0.6) is 0 Å². The lowest BCUT2D eigenvalue weighted by Gasteiger charge is -2.23. The number of carbonyl (C=O) groups is 1. The molecule has 2 heterocycles. The van der Waals surface area contributed by atoms with E-state index in [0.29, 0.717) is 12.3 Å². The van der Waals surface area contributed by atoms with Gasteiger partial charge < -0.3 is 4.90 Å². The molecule has 2 saturated heterocycles. The Morgan fingerprint density at radius 3 is 2.50 bits per heavy atom. The maximum atomic E-state index is 12.2. The molecule has 0 unspecified atom stereocenters. The fourth-order valence-corrected chi connectivity index (χ4v) is 5.24. The van der Waals surface area contributed by atoms with Crippen LogP contribution in [0.2, 0.25) is 0 Å². The lowest BCUT2D eigenvalue weighted by Crippen LogP contribution is -2.35. The van der Waals surface area contributed by atoms with Crippen molar-refractivity contribution >= 4 is 41.2 Å². The standard InChI is InChI=1S/C12H22N2OS3/c15-12(14-3-1-6-16-7-5-14)2-4-13-10-17-8-9-18-11-13/h1-11H2. The van der Waals surface area contributed by atoms with Crippen LogP contribution in [-0.4, -0.2) is 70.1 Å². The summed E-state index contributed by atoms with van der Waals surface area (Å²) in [6.07, 6.45) is 1.86. The molecule has 2 aliphatic heterocycles. The van der Waals surface area contributed by atoms with E-state index in [-0.39, 0.29) is 0 Å². The summed E-state index contributed by atoms with van der Waals surface area (Å²) in [7, 11) is 0. The van der Waals surface area contributed by atoms with E-state index in [4.69, 9.17) is 0 Å². The zero-order valence-electron chi connectivity index (χ0n) is 10.8. The first-order valence-corrected chi connectivity index (χ1v) is 10.1. The second-order valence-corrected chi connectivity index (χ2v) is 7.94. The van der Waals surface area contributed by atoms with Crippen molar-refractivity contribution in [3.63, 3.8) is 0 Å². The molecule has 0 radical (unpaired) electrons. The van der Waals surface area contributed by atoms with Gasteiger partial charge in [0.2, 0.25) is 5.91 Å². The summed E-state index contributed by atoms with van der Waals surface area (Å²) in [5.74, 6) is 7.37. The third-order valence-electron chi connectivity index (χ3n) is 3.14. The highest BCUT2D eigenvalue weighted by Gasteiger charge is 2.17. The summed E-state index contributed by atoms with van der Waals surface area (Å²) in [4.78, 5) is 16.6. The van der Waals surface area contributed by atoms with Gasteiger partial charge in [-0.25, -0.2) is 0 Å². The maximum Gasteiger partial charge on any atom is 0.223 e. The molecule has 2 fully saturated rings. The molecule has 104 valence electrons. The first kappa shape index (κ1) is 14.9. The van der Waals surface area contributed by atoms with Crippen LogP contribution < -0.4 is 0 Å². The largest absolute Gasteiger partial charge is 0.342 e. The predicted molar refractivity (Wildman–Crippen MR) is 84.5 cm³/mol. The number of thioether (sulfide) groups is 3. The molecule has 0 bridgehead atoms. The summed E-state index contributed by atoms with van der Waals surface area (Å²) in [5.41, 5.74) is 0. The molecular weight excluding hydrogens is 284 g/mol. The Balaban J connectivity index is 1.69. The Labute approximate surface area is 123 Å². The van der Waals surface area contributed by atoms with Gasteiger partial charge in [-0.05, 0) is 12.2 Å². The number of rotatable bonds is 3. The van der Waals surface area contributed by atoms with Gasteiger partial charge in [-0.2, -0.15) is 11.8 Å². The molecule has 0 aromatic rings. The topological polar surface area (TPSA) is 23.6 Å². The summed E-state index contributed by atoms with van der Waals surface area (Å²) in [6, 6.07) is 0. The van der Waals surface area contributed by atoms with E-state index in [9.17, 15) is 4.79 Å². The number of carbonyl (C=O) groups excluding carboxylic acids is 1. The molecule has 0 aliphatic carbocycles. The van der Waals surface area contributed by atoms with Gasteiger partial charge in [0.05, 0.1) is 0 Å². The number of hydrogen-bond acceptors (Lipinski definition) is 5. The Morgan fingerprint density at radius 1 is 0.944 bits per heavy atom.